The van der Waals surface area contributed by atoms with Crippen LogP contribution in [0.15, 0.2) is 62.2 Å². The summed E-state index contributed by atoms with van der Waals surface area (Å²) >= 11 is 0. The summed E-state index contributed by atoms with van der Waals surface area (Å²) < 4.78 is 16.6. The van der Waals surface area contributed by atoms with E-state index in [9.17, 15) is 9.59 Å². The molecule has 0 bridgehead atoms. The van der Waals surface area contributed by atoms with Gasteiger partial charge in [0.25, 0.3) is 0 Å². The number of nitrogen functional groups attached to an aromatic ring is 1. The van der Waals surface area contributed by atoms with E-state index in [1.165, 1.54) is 6.08 Å². The predicted molar refractivity (Wildman–Crippen MR) is 127 cm³/mol. The highest BCUT2D eigenvalue weighted by molar-refractivity contribution is 6.01. The van der Waals surface area contributed by atoms with E-state index in [1.807, 2.05) is 0 Å². The second-order valence-corrected chi connectivity index (χ2v) is 7.07. The lowest BCUT2D eigenvalue weighted by molar-refractivity contribution is 0.0545. The molecule has 2 rings (SSSR count). The number of esters is 1. The Labute approximate surface area is 189 Å². The molecule has 6 heteroatoms. The largest absolute Gasteiger partial charge is 0.488 e. The van der Waals surface area contributed by atoms with E-state index in [1.54, 1.807) is 50.3 Å². The maximum absolute atomic E-state index is 13.2. The molecule has 0 amide bonds. The Morgan fingerprint density at radius 2 is 1.41 bits per heavy atom. The van der Waals surface area contributed by atoms with Crippen molar-refractivity contribution in [3.8, 4) is 11.5 Å². The van der Waals surface area contributed by atoms with E-state index < -0.39 is 5.97 Å². The number of Topliss-reactive ketones (excluding diaryl/α,β-unsaturated/α-hetero) is 1. The van der Waals surface area contributed by atoms with Crippen LogP contribution in [0.3, 0.4) is 0 Å². The lowest BCUT2D eigenvalue weighted by atomic mass is 9.95. The number of rotatable bonds is 12. The zero-order valence-corrected chi connectivity index (χ0v) is 18.6. The first kappa shape index (κ1) is 24.5. The van der Waals surface area contributed by atoms with E-state index in [-0.39, 0.29) is 37.6 Å². The van der Waals surface area contributed by atoms with Gasteiger partial charge in [0.1, 0.15) is 36.9 Å². The topological polar surface area (TPSA) is 87.9 Å². The number of ketones is 1. The molecule has 0 saturated carbocycles. The van der Waals surface area contributed by atoms with Crippen LogP contribution in [0.2, 0.25) is 0 Å². The summed E-state index contributed by atoms with van der Waals surface area (Å²) in [5.74, 6) is 0.132. The van der Waals surface area contributed by atoms with Gasteiger partial charge in [0.15, 0.2) is 5.78 Å². The third kappa shape index (κ3) is 5.66. The van der Waals surface area contributed by atoms with Crippen molar-refractivity contribution in [1.29, 1.82) is 0 Å². The Morgan fingerprint density at radius 1 is 0.844 bits per heavy atom. The highest BCUT2D eigenvalue weighted by atomic mass is 16.5. The van der Waals surface area contributed by atoms with Crippen molar-refractivity contribution < 1.29 is 23.8 Å². The smallest absolute Gasteiger partial charge is 0.342 e. The SMILES string of the molecule is C=CCOC(=O)c1ccc(CC(=O)c2ccc(N)c(C)c2OCC=C)c(C)c1OCC=C. The summed E-state index contributed by atoms with van der Waals surface area (Å²) in [5, 5.41) is 0. The first-order valence-corrected chi connectivity index (χ1v) is 10.2. The highest BCUT2D eigenvalue weighted by Gasteiger charge is 2.22. The molecule has 0 aliphatic carbocycles. The van der Waals surface area contributed by atoms with Crippen molar-refractivity contribution >= 4 is 17.4 Å². The van der Waals surface area contributed by atoms with Gasteiger partial charge < -0.3 is 19.9 Å². The standard InChI is InChI=1S/C26H29NO5/c1-6-13-30-24-17(4)19(9-10-21(24)26(29)32-15-8-3)16-23(28)20-11-12-22(27)18(5)25(20)31-14-7-2/h6-12H,1-3,13-16,27H2,4-5H3. The van der Waals surface area contributed by atoms with Crippen LogP contribution in [0.4, 0.5) is 5.69 Å². The van der Waals surface area contributed by atoms with E-state index in [0.717, 1.165) is 5.56 Å². The van der Waals surface area contributed by atoms with Crippen LogP contribution in [0, 0.1) is 13.8 Å². The van der Waals surface area contributed by atoms with Crippen molar-refractivity contribution in [3.63, 3.8) is 0 Å². The van der Waals surface area contributed by atoms with Crippen LogP contribution < -0.4 is 15.2 Å². The molecule has 168 valence electrons. The summed E-state index contributed by atoms with van der Waals surface area (Å²) in [7, 11) is 0. The molecule has 32 heavy (non-hydrogen) atoms. The van der Waals surface area contributed by atoms with Crippen molar-refractivity contribution in [1.82, 2.24) is 0 Å². The Morgan fingerprint density at radius 3 is 2.00 bits per heavy atom. The minimum Gasteiger partial charge on any atom is -0.488 e. The van der Waals surface area contributed by atoms with Crippen LogP contribution >= 0.6 is 0 Å². The molecule has 0 aliphatic heterocycles. The molecule has 0 aromatic heterocycles. The minimum atomic E-state index is -0.529. The van der Waals surface area contributed by atoms with Gasteiger partial charge in [-0.3, -0.25) is 4.79 Å². The Balaban J connectivity index is 2.42. The van der Waals surface area contributed by atoms with Crippen LogP contribution in [0.1, 0.15) is 37.4 Å². The van der Waals surface area contributed by atoms with Crippen molar-refractivity contribution in [3.05, 3.63) is 90.0 Å². The number of nitrogens with two attached hydrogens (primary N) is 1. The molecule has 0 unspecified atom stereocenters. The zero-order chi connectivity index (χ0) is 23.7. The normalized spacial score (nSPS) is 10.2. The molecule has 2 aromatic carbocycles. The maximum atomic E-state index is 13.2. The molecular weight excluding hydrogens is 406 g/mol. The Bertz CT molecular complexity index is 1040. The first-order chi connectivity index (χ1) is 15.3. The zero-order valence-electron chi connectivity index (χ0n) is 18.6. The monoisotopic (exact) mass is 435 g/mol. The summed E-state index contributed by atoms with van der Waals surface area (Å²) in [6.45, 7) is 15.0. The lowest BCUT2D eigenvalue weighted by Crippen LogP contribution is -2.13. The quantitative estimate of drug-likeness (QED) is 0.223. The average molecular weight is 436 g/mol. The number of carbonyl (C=O) groups excluding carboxylic acids is 2. The molecule has 0 aliphatic rings. The number of ether oxygens (including phenoxy) is 3. The van der Waals surface area contributed by atoms with E-state index in [0.29, 0.717) is 33.9 Å². The average Bonchev–Trinajstić information content (AvgIpc) is 2.78. The third-order valence-electron chi connectivity index (χ3n) is 4.86. The number of hydrogen-bond donors (Lipinski definition) is 1. The lowest BCUT2D eigenvalue weighted by Gasteiger charge is -2.17. The van der Waals surface area contributed by atoms with Gasteiger partial charge in [0.05, 0.1) is 5.56 Å². The van der Waals surface area contributed by atoms with Crippen LogP contribution in [-0.4, -0.2) is 31.6 Å². The number of carbonyl (C=O) groups is 2. The second kappa shape index (κ2) is 11.6. The number of hydrogen-bond acceptors (Lipinski definition) is 6. The van der Waals surface area contributed by atoms with Gasteiger partial charge in [-0.05, 0) is 43.2 Å². The third-order valence-corrected chi connectivity index (χ3v) is 4.86. The number of benzene rings is 2. The van der Waals surface area contributed by atoms with Gasteiger partial charge in [0.2, 0.25) is 0 Å². The minimum absolute atomic E-state index is 0.0863. The van der Waals surface area contributed by atoms with Crippen LogP contribution in [0.25, 0.3) is 0 Å². The highest BCUT2D eigenvalue weighted by Crippen LogP contribution is 2.32. The van der Waals surface area contributed by atoms with Crippen molar-refractivity contribution in [2.24, 2.45) is 0 Å². The van der Waals surface area contributed by atoms with Gasteiger partial charge in [-0.25, -0.2) is 4.79 Å². The van der Waals surface area contributed by atoms with Crippen LogP contribution in [-0.2, 0) is 11.2 Å². The van der Waals surface area contributed by atoms with Crippen LogP contribution in [0.5, 0.6) is 11.5 Å². The molecule has 0 heterocycles. The maximum Gasteiger partial charge on any atom is 0.342 e. The van der Waals surface area contributed by atoms with Gasteiger partial charge >= 0.3 is 5.97 Å². The summed E-state index contributed by atoms with van der Waals surface area (Å²) in [6, 6.07) is 6.68. The van der Waals surface area contributed by atoms with Gasteiger partial charge in [-0.15, -0.1) is 0 Å². The first-order valence-electron chi connectivity index (χ1n) is 10.2. The molecule has 2 N–H and O–H groups in total. The molecular formula is C26H29NO5. The van der Waals surface area contributed by atoms with E-state index in [4.69, 9.17) is 19.9 Å². The Hall–Kier alpha value is -3.80. The molecule has 0 atom stereocenters. The van der Waals surface area contributed by atoms with Gasteiger partial charge in [0, 0.05) is 17.7 Å². The summed E-state index contributed by atoms with van der Waals surface area (Å²) in [5.41, 5.74) is 9.34. The van der Waals surface area contributed by atoms with E-state index in [2.05, 4.69) is 19.7 Å². The molecule has 0 fully saturated rings. The molecule has 0 saturated heterocycles. The fourth-order valence-corrected chi connectivity index (χ4v) is 3.15. The van der Waals surface area contributed by atoms with Gasteiger partial charge in [-0.1, -0.05) is 44.0 Å². The predicted octanol–water partition coefficient (Wildman–Crippen LogP) is 4.78. The fourth-order valence-electron chi connectivity index (χ4n) is 3.15. The van der Waals surface area contributed by atoms with Crippen molar-refractivity contribution in [2.75, 3.05) is 25.6 Å². The molecule has 0 radical (unpaired) electrons. The summed E-state index contributed by atoms with van der Waals surface area (Å²) in [4.78, 5) is 25.6. The molecule has 6 nitrogen and oxygen atoms in total. The molecule has 2 aromatic rings. The van der Waals surface area contributed by atoms with Crippen molar-refractivity contribution in [2.45, 2.75) is 20.3 Å². The summed E-state index contributed by atoms with van der Waals surface area (Å²) in [6.07, 6.45) is 4.76. The Kier molecular flexibility index (Phi) is 8.83. The fraction of sp³-hybridized carbons (Fsp3) is 0.231. The molecule has 0 spiro atoms. The number of anilines is 1. The van der Waals surface area contributed by atoms with E-state index >= 15 is 0 Å². The van der Waals surface area contributed by atoms with Gasteiger partial charge in [-0.2, -0.15) is 0 Å². The second-order valence-electron chi connectivity index (χ2n) is 7.07.